The van der Waals surface area contributed by atoms with Crippen molar-refractivity contribution < 1.29 is 18.0 Å². The van der Waals surface area contributed by atoms with E-state index in [1.807, 2.05) is 0 Å². The van der Waals surface area contributed by atoms with Crippen LogP contribution < -0.4 is 5.32 Å². The first-order chi connectivity index (χ1) is 9.92. The number of hydrogen-bond donors (Lipinski definition) is 1. The summed E-state index contributed by atoms with van der Waals surface area (Å²) in [4.78, 5) is 12.7. The third-order valence-corrected chi connectivity index (χ3v) is 5.29. The Morgan fingerprint density at radius 3 is 2.52 bits per heavy atom. The molecular weight excluding hydrogens is 299 g/mol. The molecule has 2 unspecified atom stereocenters. The van der Waals surface area contributed by atoms with Gasteiger partial charge in [-0.15, -0.1) is 11.8 Å². The topological polar surface area (TPSA) is 29.1 Å². The van der Waals surface area contributed by atoms with Gasteiger partial charge in [0.1, 0.15) is 0 Å². The third-order valence-electron chi connectivity index (χ3n) is 4.15. The van der Waals surface area contributed by atoms with Crippen LogP contribution in [0.15, 0.2) is 29.2 Å². The smallest absolute Gasteiger partial charge is 0.325 e. The second kappa shape index (κ2) is 5.55. The van der Waals surface area contributed by atoms with Gasteiger partial charge in [-0.25, -0.2) is 0 Å². The quantitative estimate of drug-likeness (QED) is 0.838. The fourth-order valence-electron chi connectivity index (χ4n) is 3.02. The van der Waals surface area contributed by atoms with Crippen molar-refractivity contribution in [3.05, 3.63) is 24.3 Å². The molecule has 2 atom stereocenters. The van der Waals surface area contributed by atoms with Gasteiger partial charge >= 0.3 is 6.18 Å². The number of halogens is 3. The largest absolute Gasteiger partial charge is 0.398 e. The predicted molar refractivity (Wildman–Crippen MR) is 76.2 cm³/mol. The Morgan fingerprint density at radius 1 is 1.19 bits per heavy atom. The molecule has 1 aromatic carbocycles. The molecule has 2 nitrogen and oxygen atoms in total. The molecule has 2 saturated carbocycles. The summed E-state index contributed by atoms with van der Waals surface area (Å²) in [7, 11) is 0. The van der Waals surface area contributed by atoms with Crippen LogP contribution in [0.5, 0.6) is 0 Å². The Bertz CT molecular complexity index is 536. The Labute approximate surface area is 125 Å². The number of carbonyl (C=O) groups is 1. The van der Waals surface area contributed by atoms with Gasteiger partial charge in [-0.3, -0.25) is 4.79 Å². The van der Waals surface area contributed by atoms with E-state index in [-0.39, 0.29) is 11.8 Å². The molecule has 0 aliphatic heterocycles. The molecule has 114 valence electrons. The monoisotopic (exact) mass is 315 g/mol. The fraction of sp³-hybridized carbons (Fsp3) is 0.533. The van der Waals surface area contributed by atoms with E-state index in [1.54, 1.807) is 24.3 Å². The summed E-state index contributed by atoms with van der Waals surface area (Å²) in [6.07, 6.45) is -1.13. The number of thioether (sulfide) groups is 1. The average molecular weight is 315 g/mol. The normalized spacial score (nSPS) is 27.3. The number of para-hydroxylation sites is 1. The van der Waals surface area contributed by atoms with Crippen LogP contribution in [0.3, 0.4) is 0 Å². The number of fused-ring (bicyclic) bond motifs is 1. The number of hydrogen-bond acceptors (Lipinski definition) is 2. The minimum Gasteiger partial charge on any atom is -0.325 e. The van der Waals surface area contributed by atoms with Crippen molar-refractivity contribution in [1.29, 1.82) is 0 Å². The summed E-state index contributed by atoms with van der Waals surface area (Å²) in [5.74, 6) is 0.427. The Hall–Kier alpha value is -1.17. The molecule has 1 amide bonds. The second-order valence-electron chi connectivity index (χ2n) is 5.81. The molecule has 0 bridgehead atoms. The second-order valence-corrected chi connectivity index (χ2v) is 6.83. The maximum atomic E-state index is 12.3. The van der Waals surface area contributed by atoms with Gasteiger partial charge in [0.25, 0.3) is 0 Å². The lowest BCUT2D eigenvalue weighted by molar-refractivity contribution is -0.120. The maximum absolute atomic E-state index is 12.3. The molecule has 0 aromatic heterocycles. The van der Waals surface area contributed by atoms with Crippen molar-refractivity contribution in [2.24, 2.45) is 17.8 Å². The van der Waals surface area contributed by atoms with Crippen LogP contribution in [0.2, 0.25) is 0 Å². The summed E-state index contributed by atoms with van der Waals surface area (Å²) < 4.78 is 37.0. The summed E-state index contributed by atoms with van der Waals surface area (Å²) in [5.41, 5.74) is 0.484. The number of benzene rings is 1. The van der Waals surface area contributed by atoms with Crippen LogP contribution in [0.25, 0.3) is 0 Å². The van der Waals surface area contributed by atoms with Crippen molar-refractivity contribution in [3.8, 4) is 0 Å². The highest BCUT2D eigenvalue weighted by molar-refractivity contribution is 7.99. The molecule has 1 N–H and O–H groups in total. The number of carbonyl (C=O) groups excluding carboxylic acids is 1. The van der Waals surface area contributed by atoms with Gasteiger partial charge in [0, 0.05) is 10.8 Å². The maximum Gasteiger partial charge on any atom is 0.398 e. The predicted octanol–water partition coefficient (Wildman–Crippen LogP) is 4.33. The Balaban J connectivity index is 1.63. The molecule has 2 aliphatic rings. The van der Waals surface area contributed by atoms with Crippen molar-refractivity contribution >= 4 is 23.4 Å². The van der Waals surface area contributed by atoms with Crippen LogP contribution in [0, 0.1) is 17.8 Å². The summed E-state index contributed by atoms with van der Waals surface area (Å²) in [6.45, 7) is 0. The summed E-state index contributed by atoms with van der Waals surface area (Å²) in [6, 6.07) is 6.67. The van der Waals surface area contributed by atoms with Gasteiger partial charge in [-0.05, 0) is 43.2 Å². The molecule has 2 fully saturated rings. The van der Waals surface area contributed by atoms with E-state index >= 15 is 0 Å². The minimum atomic E-state index is -4.21. The molecular formula is C15H16F3NOS. The molecule has 1 aromatic rings. The summed E-state index contributed by atoms with van der Waals surface area (Å²) >= 11 is 0.708. The van der Waals surface area contributed by atoms with E-state index in [0.717, 1.165) is 12.8 Å². The lowest BCUT2D eigenvalue weighted by Crippen LogP contribution is -2.22. The zero-order valence-electron chi connectivity index (χ0n) is 11.3. The lowest BCUT2D eigenvalue weighted by Gasteiger charge is -2.15. The van der Waals surface area contributed by atoms with Crippen LogP contribution in [-0.4, -0.2) is 17.8 Å². The van der Waals surface area contributed by atoms with Gasteiger partial charge in [-0.1, -0.05) is 12.1 Å². The fourth-order valence-corrected chi connectivity index (χ4v) is 3.79. The molecule has 2 aliphatic carbocycles. The van der Waals surface area contributed by atoms with Gasteiger partial charge in [-0.2, -0.15) is 13.2 Å². The highest BCUT2D eigenvalue weighted by Crippen LogP contribution is 2.54. The van der Waals surface area contributed by atoms with Crippen molar-refractivity contribution in [1.82, 2.24) is 0 Å². The minimum absolute atomic E-state index is 0.0226. The first-order valence-electron chi connectivity index (χ1n) is 7.02. The van der Waals surface area contributed by atoms with E-state index in [4.69, 9.17) is 0 Å². The van der Waals surface area contributed by atoms with Crippen molar-refractivity contribution in [2.45, 2.75) is 30.3 Å². The van der Waals surface area contributed by atoms with Crippen molar-refractivity contribution in [2.75, 3.05) is 11.1 Å². The Kier molecular flexibility index (Phi) is 3.90. The molecule has 0 spiro atoms. The third kappa shape index (κ3) is 3.73. The van der Waals surface area contributed by atoms with Gasteiger partial charge in [0.05, 0.1) is 11.4 Å². The van der Waals surface area contributed by atoms with E-state index in [1.165, 1.54) is 6.42 Å². The number of anilines is 1. The number of nitrogens with one attached hydrogen (secondary N) is 1. The molecule has 21 heavy (non-hydrogen) atoms. The first kappa shape index (κ1) is 14.8. The van der Waals surface area contributed by atoms with E-state index in [9.17, 15) is 18.0 Å². The number of alkyl halides is 3. The van der Waals surface area contributed by atoms with Crippen molar-refractivity contribution in [3.63, 3.8) is 0 Å². The summed E-state index contributed by atoms with van der Waals surface area (Å²) in [5, 5.41) is 2.80. The lowest BCUT2D eigenvalue weighted by atomic mass is 10.0. The zero-order valence-corrected chi connectivity index (χ0v) is 12.1. The van der Waals surface area contributed by atoms with E-state index in [0.29, 0.717) is 34.2 Å². The molecule has 6 heteroatoms. The number of amides is 1. The SMILES string of the molecule is O=C(Nc1ccccc1SCC(F)(F)F)C1CC2CC2C1. The molecule has 0 saturated heterocycles. The Morgan fingerprint density at radius 2 is 1.86 bits per heavy atom. The van der Waals surface area contributed by atoms with Gasteiger partial charge < -0.3 is 5.32 Å². The molecule has 0 radical (unpaired) electrons. The highest BCUT2D eigenvalue weighted by atomic mass is 32.2. The van der Waals surface area contributed by atoms with Gasteiger partial charge in [0.2, 0.25) is 5.91 Å². The van der Waals surface area contributed by atoms with Crippen LogP contribution in [0.4, 0.5) is 18.9 Å². The highest BCUT2D eigenvalue weighted by Gasteiger charge is 2.48. The average Bonchev–Trinajstić information content (AvgIpc) is 3.03. The first-order valence-corrected chi connectivity index (χ1v) is 8.00. The zero-order chi connectivity index (χ0) is 15.0. The van der Waals surface area contributed by atoms with E-state index in [2.05, 4.69) is 5.32 Å². The molecule has 3 rings (SSSR count). The van der Waals surface area contributed by atoms with Gasteiger partial charge in [0.15, 0.2) is 0 Å². The van der Waals surface area contributed by atoms with E-state index < -0.39 is 11.9 Å². The standard InChI is InChI=1S/C15H16F3NOS/c16-15(17,18)8-21-13-4-2-1-3-12(13)19-14(20)11-6-9-5-10(9)7-11/h1-4,9-11H,5-8H2,(H,19,20). The number of rotatable bonds is 4. The van der Waals surface area contributed by atoms with Crippen LogP contribution in [0.1, 0.15) is 19.3 Å². The van der Waals surface area contributed by atoms with Crippen LogP contribution >= 0.6 is 11.8 Å². The molecule has 0 heterocycles. The van der Waals surface area contributed by atoms with Crippen LogP contribution in [-0.2, 0) is 4.79 Å².